The topological polar surface area (TPSA) is 68.0 Å². The summed E-state index contributed by atoms with van der Waals surface area (Å²) < 4.78 is 0. The van der Waals surface area contributed by atoms with Gasteiger partial charge in [0.15, 0.2) is 0 Å². The van der Waals surface area contributed by atoms with Crippen LogP contribution in [-0.4, -0.2) is 17.4 Å². The van der Waals surface area contributed by atoms with Gasteiger partial charge in [-0.2, -0.15) is 0 Å². The lowest BCUT2D eigenvalue weighted by Gasteiger charge is -2.05. The molecule has 0 atom stereocenters. The number of nitrogen functional groups attached to an aromatic ring is 1. The van der Waals surface area contributed by atoms with Gasteiger partial charge in [-0.25, -0.2) is 4.98 Å². The van der Waals surface area contributed by atoms with Crippen molar-refractivity contribution in [2.24, 2.45) is 0 Å². The van der Waals surface area contributed by atoms with Crippen LogP contribution in [0.1, 0.15) is 25.9 Å². The quantitative estimate of drug-likeness (QED) is 0.841. The van der Waals surface area contributed by atoms with Crippen molar-refractivity contribution in [1.29, 1.82) is 0 Å². The number of hydrogen-bond acceptors (Lipinski definition) is 4. The molecule has 19 heavy (non-hydrogen) atoms. The third kappa shape index (κ3) is 3.54. The average Bonchev–Trinajstić information content (AvgIpc) is 2.68. The molecule has 4 nitrogen and oxygen atoms in total. The molecule has 1 aromatic heterocycles. The molecular formula is C14H17N3OS. The number of anilines is 1. The fraction of sp³-hybridized carbons (Fsp3) is 0.286. The van der Waals surface area contributed by atoms with E-state index >= 15 is 0 Å². The highest BCUT2D eigenvalue weighted by molar-refractivity contribution is 7.11. The second-order valence-corrected chi connectivity index (χ2v) is 5.66. The van der Waals surface area contributed by atoms with E-state index in [-0.39, 0.29) is 5.91 Å². The molecular weight excluding hydrogens is 258 g/mol. The summed E-state index contributed by atoms with van der Waals surface area (Å²) >= 11 is 1.68. The fourth-order valence-electron chi connectivity index (χ4n) is 1.88. The number of aryl methyl sites for hydroxylation is 2. The van der Waals surface area contributed by atoms with Gasteiger partial charge in [0, 0.05) is 29.1 Å². The molecule has 3 N–H and O–H groups in total. The van der Waals surface area contributed by atoms with Crippen molar-refractivity contribution < 1.29 is 4.79 Å². The highest BCUT2D eigenvalue weighted by Gasteiger charge is 2.07. The molecule has 0 fully saturated rings. The van der Waals surface area contributed by atoms with Crippen molar-refractivity contribution >= 4 is 22.9 Å². The molecule has 2 aromatic rings. The van der Waals surface area contributed by atoms with Crippen LogP contribution in [0.5, 0.6) is 0 Å². The molecule has 5 heteroatoms. The molecule has 0 saturated heterocycles. The number of carbonyl (C=O) groups is 1. The van der Waals surface area contributed by atoms with Gasteiger partial charge in [-0.3, -0.25) is 4.79 Å². The Bertz CT molecular complexity index is 592. The molecule has 0 spiro atoms. The van der Waals surface area contributed by atoms with Crippen LogP contribution < -0.4 is 11.1 Å². The summed E-state index contributed by atoms with van der Waals surface area (Å²) in [6.45, 7) is 4.60. The number of nitrogens with zero attached hydrogens (tertiary/aromatic N) is 1. The lowest BCUT2D eigenvalue weighted by molar-refractivity contribution is 0.0954. The Morgan fingerprint density at radius 2 is 2.21 bits per heavy atom. The van der Waals surface area contributed by atoms with E-state index in [0.717, 1.165) is 17.1 Å². The van der Waals surface area contributed by atoms with E-state index in [9.17, 15) is 4.79 Å². The number of rotatable bonds is 4. The Labute approximate surface area is 116 Å². The maximum absolute atomic E-state index is 11.9. The van der Waals surface area contributed by atoms with Crippen LogP contribution in [0.15, 0.2) is 24.3 Å². The van der Waals surface area contributed by atoms with Gasteiger partial charge in [-0.1, -0.05) is 6.07 Å². The predicted molar refractivity (Wildman–Crippen MR) is 78.5 cm³/mol. The van der Waals surface area contributed by atoms with Crippen molar-refractivity contribution in [2.75, 3.05) is 12.3 Å². The number of carbonyl (C=O) groups excluding carboxylic acids is 1. The highest BCUT2D eigenvalue weighted by atomic mass is 32.1. The molecule has 1 aromatic carbocycles. The molecule has 2 rings (SSSR count). The molecule has 1 heterocycles. The summed E-state index contributed by atoms with van der Waals surface area (Å²) in [6.07, 6.45) is 0.811. The molecule has 0 bridgehead atoms. The van der Waals surface area contributed by atoms with E-state index in [4.69, 9.17) is 5.73 Å². The van der Waals surface area contributed by atoms with E-state index in [1.807, 2.05) is 13.8 Å². The smallest absolute Gasteiger partial charge is 0.251 e. The van der Waals surface area contributed by atoms with Crippen LogP contribution in [-0.2, 0) is 6.42 Å². The van der Waals surface area contributed by atoms with Gasteiger partial charge >= 0.3 is 0 Å². The molecule has 0 aliphatic rings. The van der Waals surface area contributed by atoms with Crippen LogP contribution in [0, 0.1) is 13.8 Å². The minimum Gasteiger partial charge on any atom is -0.399 e. The van der Waals surface area contributed by atoms with E-state index in [0.29, 0.717) is 17.8 Å². The first-order valence-corrected chi connectivity index (χ1v) is 6.94. The minimum atomic E-state index is -0.0915. The standard InChI is InChI=1S/C14H17N3OS/c1-9-13(19-10(2)17-9)6-7-16-14(18)11-4-3-5-12(15)8-11/h3-5,8H,6-7,15H2,1-2H3,(H,16,18). The molecule has 0 unspecified atom stereocenters. The number of benzene rings is 1. The highest BCUT2D eigenvalue weighted by Crippen LogP contribution is 2.17. The van der Waals surface area contributed by atoms with Crippen molar-refractivity contribution in [1.82, 2.24) is 10.3 Å². The van der Waals surface area contributed by atoms with Gasteiger partial charge in [0.2, 0.25) is 0 Å². The normalized spacial score (nSPS) is 10.4. The molecule has 0 saturated carbocycles. The number of hydrogen-bond donors (Lipinski definition) is 2. The summed E-state index contributed by atoms with van der Waals surface area (Å²) in [4.78, 5) is 17.5. The Balaban J connectivity index is 1.89. The van der Waals surface area contributed by atoms with E-state index in [2.05, 4.69) is 10.3 Å². The van der Waals surface area contributed by atoms with Gasteiger partial charge in [-0.05, 0) is 32.0 Å². The maximum atomic E-state index is 11.9. The number of nitrogens with two attached hydrogens (primary N) is 1. The summed E-state index contributed by atoms with van der Waals surface area (Å²) in [5, 5.41) is 3.96. The third-order valence-electron chi connectivity index (χ3n) is 2.79. The lowest BCUT2D eigenvalue weighted by atomic mass is 10.2. The monoisotopic (exact) mass is 275 g/mol. The molecule has 1 amide bonds. The van der Waals surface area contributed by atoms with Crippen molar-refractivity contribution in [3.05, 3.63) is 45.4 Å². The van der Waals surface area contributed by atoms with Gasteiger partial charge in [-0.15, -0.1) is 11.3 Å². The Kier molecular flexibility index (Phi) is 4.16. The summed E-state index contributed by atoms with van der Waals surface area (Å²) in [5.74, 6) is -0.0915. The Hall–Kier alpha value is -1.88. The van der Waals surface area contributed by atoms with Crippen LogP contribution >= 0.6 is 11.3 Å². The lowest BCUT2D eigenvalue weighted by Crippen LogP contribution is -2.25. The second kappa shape index (κ2) is 5.84. The van der Waals surface area contributed by atoms with Crippen molar-refractivity contribution in [3.63, 3.8) is 0 Å². The van der Waals surface area contributed by atoms with Gasteiger partial charge in [0.05, 0.1) is 10.7 Å². The van der Waals surface area contributed by atoms with Gasteiger partial charge in [0.1, 0.15) is 0 Å². The minimum absolute atomic E-state index is 0.0915. The van der Waals surface area contributed by atoms with Gasteiger partial charge < -0.3 is 11.1 Å². The number of nitrogens with one attached hydrogen (secondary N) is 1. The van der Waals surface area contributed by atoms with Crippen LogP contribution in [0.4, 0.5) is 5.69 Å². The van der Waals surface area contributed by atoms with E-state index < -0.39 is 0 Å². The third-order valence-corrected chi connectivity index (χ3v) is 3.92. The number of aromatic nitrogens is 1. The molecule has 100 valence electrons. The van der Waals surface area contributed by atoms with Crippen molar-refractivity contribution in [3.8, 4) is 0 Å². The average molecular weight is 275 g/mol. The van der Waals surface area contributed by atoms with E-state index in [1.54, 1.807) is 35.6 Å². The zero-order chi connectivity index (χ0) is 13.8. The zero-order valence-corrected chi connectivity index (χ0v) is 11.9. The molecule has 0 radical (unpaired) electrons. The fourth-order valence-corrected chi connectivity index (χ4v) is 2.81. The maximum Gasteiger partial charge on any atom is 0.251 e. The summed E-state index contributed by atoms with van der Waals surface area (Å²) in [6, 6.07) is 6.98. The van der Waals surface area contributed by atoms with Crippen molar-refractivity contribution in [2.45, 2.75) is 20.3 Å². The largest absolute Gasteiger partial charge is 0.399 e. The van der Waals surface area contributed by atoms with Crippen LogP contribution in [0.3, 0.4) is 0 Å². The predicted octanol–water partition coefficient (Wildman–Crippen LogP) is 2.31. The first-order chi connectivity index (χ1) is 9.06. The van der Waals surface area contributed by atoms with Crippen LogP contribution in [0.25, 0.3) is 0 Å². The summed E-state index contributed by atoms with van der Waals surface area (Å²) in [5.41, 5.74) is 7.90. The SMILES string of the molecule is Cc1nc(C)c(CCNC(=O)c2cccc(N)c2)s1. The second-order valence-electron chi connectivity index (χ2n) is 4.37. The molecule has 0 aliphatic heterocycles. The zero-order valence-electron chi connectivity index (χ0n) is 11.1. The number of amides is 1. The first-order valence-electron chi connectivity index (χ1n) is 6.13. The van der Waals surface area contributed by atoms with Crippen LogP contribution in [0.2, 0.25) is 0 Å². The first kappa shape index (κ1) is 13.5. The Morgan fingerprint density at radius 1 is 1.42 bits per heavy atom. The molecule has 0 aliphatic carbocycles. The van der Waals surface area contributed by atoms with Gasteiger partial charge in [0.25, 0.3) is 5.91 Å². The summed E-state index contributed by atoms with van der Waals surface area (Å²) in [7, 11) is 0. The van der Waals surface area contributed by atoms with E-state index in [1.165, 1.54) is 4.88 Å². The number of thiazole rings is 1. The Morgan fingerprint density at radius 3 is 2.84 bits per heavy atom.